The molecule has 4 heteroatoms. The van der Waals surface area contributed by atoms with Gasteiger partial charge in [0, 0.05) is 12.5 Å². The van der Waals surface area contributed by atoms with Crippen LogP contribution >= 0.6 is 0 Å². The van der Waals surface area contributed by atoms with Crippen LogP contribution in [-0.4, -0.2) is 21.3 Å². The molecule has 0 unspecified atom stereocenters. The zero-order chi connectivity index (χ0) is 10.2. The molecule has 1 heterocycles. The molecule has 0 spiro atoms. The summed E-state index contributed by atoms with van der Waals surface area (Å²) < 4.78 is 2.00. The first kappa shape index (κ1) is 9.65. The number of hydrogen-bond donors (Lipinski definition) is 1. The van der Waals surface area contributed by atoms with Gasteiger partial charge in [-0.25, -0.2) is 9.67 Å². The Kier molecular flexibility index (Phi) is 2.31. The average Bonchev–Trinajstić information content (AvgIpc) is 2.76. The van der Waals surface area contributed by atoms with Crippen molar-refractivity contribution < 1.29 is 0 Å². The van der Waals surface area contributed by atoms with Crippen LogP contribution in [0.4, 0.5) is 0 Å². The van der Waals surface area contributed by atoms with Crippen LogP contribution in [0.15, 0.2) is 6.33 Å². The quantitative estimate of drug-likeness (QED) is 0.782. The molecule has 14 heavy (non-hydrogen) atoms. The van der Waals surface area contributed by atoms with Crippen LogP contribution in [0, 0.1) is 5.41 Å². The molecule has 4 nitrogen and oxygen atoms in total. The van der Waals surface area contributed by atoms with Gasteiger partial charge in [0.25, 0.3) is 0 Å². The highest BCUT2D eigenvalue weighted by Crippen LogP contribution is 2.47. The fraction of sp³-hybridized carbons (Fsp3) is 0.800. The summed E-state index contributed by atoms with van der Waals surface area (Å²) in [5.74, 6) is 1.09. The second-order valence-corrected chi connectivity index (χ2v) is 4.60. The predicted molar refractivity (Wildman–Crippen MR) is 54.8 cm³/mol. The third-order valence-electron chi connectivity index (χ3n) is 3.06. The Bertz CT molecular complexity index is 312. The molecule has 2 N–H and O–H groups in total. The van der Waals surface area contributed by atoms with Crippen LogP contribution in [0.5, 0.6) is 0 Å². The molecule has 1 aliphatic rings. The molecule has 0 bridgehead atoms. The molecule has 0 radical (unpaired) electrons. The Labute approximate surface area is 84.5 Å². The maximum absolute atomic E-state index is 5.75. The first-order chi connectivity index (χ1) is 6.67. The predicted octanol–water partition coefficient (Wildman–Crippen LogP) is 1.14. The van der Waals surface area contributed by atoms with E-state index in [-0.39, 0.29) is 0 Å². The lowest BCUT2D eigenvalue weighted by atomic mass is 10.0. The lowest BCUT2D eigenvalue weighted by molar-refractivity contribution is 0.447. The third-order valence-corrected chi connectivity index (χ3v) is 3.06. The van der Waals surface area contributed by atoms with E-state index in [1.165, 1.54) is 12.8 Å². The molecule has 0 saturated heterocycles. The standard InChI is InChI=1S/C10H18N4/c1-8(2)14-9(12-7-13-14)5-10(6-11)3-4-10/h7-8H,3-6,11H2,1-2H3. The Morgan fingerprint density at radius 2 is 2.29 bits per heavy atom. The topological polar surface area (TPSA) is 56.7 Å². The zero-order valence-electron chi connectivity index (χ0n) is 8.90. The van der Waals surface area contributed by atoms with Crippen LogP contribution in [0.3, 0.4) is 0 Å². The van der Waals surface area contributed by atoms with E-state index in [9.17, 15) is 0 Å². The van der Waals surface area contributed by atoms with Crippen molar-refractivity contribution in [2.75, 3.05) is 6.54 Å². The Morgan fingerprint density at radius 1 is 1.57 bits per heavy atom. The molecule has 1 aromatic rings. The van der Waals surface area contributed by atoms with Gasteiger partial charge in [0.05, 0.1) is 0 Å². The molecule has 1 aromatic heterocycles. The summed E-state index contributed by atoms with van der Waals surface area (Å²) in [6.45, 7) is 5.03. The smallest absolute Gasteiger partial charge is 0.138 e. The van der Waals surface area contributed by atoms with Gasteiger partial charge in [-0.3, -0.25) is 0 Å². The second kappa shape index (κ2) is 3.35. The van der Waals surface area contributed by atoms with Crippen molar-refractivity contribution in [3.05, 3.63) is 12.2 Å². The highest BCUT2D eigenvalue weighted by molar-refractivity contribution is 5.03. The molecule has 0 atom stereocenters. The number of hydrogen-bond acceptors (Lipinski definition) is 3. The Morgan fingerprint density at radius 3 is 2.79 bits per heavy atom. The average molecular weight is 194 g/mol. The van der Waals surface area contributed by atoms with Gasteiger partial charge in [-0.2, -0.15) is 5.10 Å². The second-order valence-electron chi connectivity index (χ2n) is 4.60. The van der Waals surface area contributed by atoms with Crippen LogP contribution in [0.2, 0.25) is 0 Å². The van der Waals surface area contributed by atoms with Gasteiger partial charge in [0.1, 0.15) is 12.2 Å². The van der Waals surface area contributed by atoms with Crippen LogP contribution < -0.4 is 5.73 Å². The molecule has 78 valence electrons. The van der Waals surface area contributed by atoms with Crippen molar-refractivity contribution in [1.29, 1.82) is 0 Å². The summed E-state index contributed by atoms with van der Waals surface area (Å²) in [5, 5.41) is 4.23. The summed E-state index contributed by atoms with van der Waals surface area (Å²) in [5.41, 5.74) is 6.10. The minimum atomic E-state index is 0.347. The van der Waals surface area contributed by atoms with Gasteiger partial charge in [-0.15, -0.1) is 0 Å². The number of aromatic nitrogens is 3. The van der Waals surface area contributed by atoms with E-state index >= 15 is 0 Å². The SMILES string of the molecule is CC(C)n1ncnc1CC1(CN)CC1. The first-order valence-electron chi connectivity index (χ1n) is 5.25. The van der Waals surface area contributed by atoms with Gasteiger partial charge in [-0.1, -0.05) is 0 Å². The molecule has 0 aliphatic heterocycles. The molecule has 1 saturated carbocycles. The van der Waals surface area contributed by atoms with Crippen molar-refractivity contribution in [3.63, 3.8) is 0 Å². The van der Waals surface area contributed by atoms with E-state index in [2.05, 4.69) is 23.9 Å². The number of rotatable bonds is 4. The van der Waals surface area contributed by atoms with Crippen LogP contribution in [-0.2, 0) is 6.42 Å². The maximum atomic E-state index is 5.75. The van der Waals surface area contributed by atoms with Crippen molar-refractivity contribution in [3.8, 4) is 0 Å². The molecule has 2 rings (SSSR count). The molecule has 0 aromatic carbocycles. The van der Waals surface area contributed by atoms with Crippen molar-refractivity contribution in [2.24, 2.45) is 11.1 Å². The fourth-order valence-corrected chi connectivity index (χ4v) is 1.80. The Balaban J connectivity index is 2.12. The number of nitrogens with two attached hydrogens (primary N) is 1. The molecular formula is C10H18N4. The van der Waals surface area contributed by atoms with Crippen molar-refractivity contribution >= 4 is 0 Å². The summed E-state index contributed by atoms with van der Waals surface area (Å²) in [6.07, 6.45) is 5.12. The lowest BCUT2D eigenvalue weighted by Crippen LogP contribution is -2.21. The minimum absolute atomic E-state index is 0.347. The molecule has 1 aliphatic carbocycles. The summed E-state index contributed by atoms with van der Waals surface area (Å²) >= 11 is 0. The Hall–Kier alpha value is -0.900. The van der Waals surface area contributed by atoms with E-state index in [0.29, 0.717) is 11.5 Å². The van der Waals surface area contributed by atoms with Gasteiger partial charge in [-0.05, 0) is 38.6 Å². The van der Waals surface area contributed by atoms with Gasteiger partial charge >= 0.3 is 0 Å². The first-order valence-corrected chi connectivity index (χ1v) is 5.25. The highest BCUT2D eigenvalue weighted by Gasteiger charge is 2.42. The van der Waals surface area contributed by atoms with Crippen LogP contribution in [0.1, 0.15) is 38.6 Å². The van der Waals surface area contributed by atoms with Crippen molar-refractivity contribution in [2.45, 2.75) is 39.2 Å². The normalized spacial score (nSPS) is 18.9. The summed E-state index contributed by atoms with van der Waals surface area (Å²) in [7, 11) is 0. The molecular weight excluding hydrogens is 176 g/mol. The maximum Gasteiger partial charge on any atom is 0.138 e. The van der Waals surface area contributed by atoms with E-state index in [1.54, 1.807) is 6.33 Å². The van der Waals surface area contributed by atoms with Gasteiger partial charge in [0.2, 0.25) is 0 Å². The van der Waals surface area contributed by atoms with E-state index in [1.807, 2.05) is 4.68 Å². The van der Waals surface area contributed by atoms with E-state index in [4.69, 9.17) is 5.73 Å². The van der Waals surface area contributed by atoms with Gasteiger partial charge < -0.3 is 5.73 Å². The molecule has 0 amide bonds. The van der Waals surface area contributed by atoms with E-state index in [0.717, 1.165) is 18.8 Å². The fourth-order valence-electron chi connectivity index (χ4n) is 1.80. The van der Waals surface area contributed by atoms with E-state index < -0.39 is 0 Å². The summed E-state index contributed by atoms with van der Waals surface area (Å²) in [4.78, 5) is 4.31. The van der Waals surface area contributed by atoms with Crippen LogP contribution in [0.25, 0.3) is 0 Å². The minimum Gasteiger partial charge on any atom is -0.330 e. The third kappa shape index (κ3) is 1.66. The highest BCUT2D eigenvalue weighted by atomic mass is 15.3. The molecule has 1 fully saturated rings. The van der Waals surface area contributed by atoms with Crippen molar-refractivity contribution in [1.82, 2.24) is 14.8 Å². The zero-order valence-corrected chi connectivity index (χ0v) is 8.90. The number of nitrogens with zero attached hydrogens (tertiary/aromatic N) is 3. The van der Waals surface area contributed by atoms with Gasteiger partial charge in [0.15, 0.2) is 0 Å². The lowest BCUT2D eigenvalue weighted by Gasteiger charge is -2.14. The largest absolute Gasteiger partial charge is 0.330 e. The summed E-state index contributed by atoms with van der Waals surface area (Å²) in [6, 6.07) is 0.390. The monoisotopic (exact) mass is 194 g/mol.